The van der Waals surface area contributed by atoms with Gasteiger partial charge >= 0.3 is 8.80 Å². The Morgan fingerprint density at radius 3 is 2.68 bits per heavy atom. The minimum absolute atomic E-state index is 0.194. The van der Waals surface area contributed by atoms with E-state index in [1.807, 2.05) is 0 Å². The van der Waals surface area contributed by atoms with E-state index in [2.05, 4.69) is 17.6 Å². The van der Waals surface area contributed by atoms with Crippen LogP contribution in [0.1, 0.15) is 25.7 Å². The highest BCUT2D eigenvalue weighted by Crippen LogP contribution is 2.35. The minimum atomic E-state index is -2.50. The molecule has 3 atom stereocenters. The SMILES string of the molecule is C=CC1CCC2O[Si](OC)(OC)CCCN(CCOC)C2C1. The molecular formula is C16H31NO4Si. The van der Waals surface area contributed by atoms with Crippen LogP contribution in [0.4, 0.5) is 0 Å². The molecule has 1 saturated heterocycles. The summed E-state index contributed by atoms with van der Waals surface area (Å²) >= 11 is 0. The van der Waals surface area contributed by atoms with E-state index in [1.54, 1.807) is 21.3 Å². The van der Waals surface area contributed by atoms with Gasteiger partial charge in [-0.1, -0.05) is 6.08 Å². The maximum Gasteiger partial charge on any atom is 0.500 e. The number of hydrogen-bond acceptors (Lipinski definition) is 5. The van der Waals surface area contributed by atoms with Crippen molar-refractivity contribution in [2.24, 2.45) is 5.92 Å². The fraction of sp³-hybridized carbons (Fsp3) is 0.875. The maximum absolute atomic E-state index is 6.46. The van der Waals surface area contributed by atoms with Crippen LogP contribution in [0.2, 0.25) is 6.04 Å². The van der Waals surface area contributed by atoms with Crippen LogP contribution in [-0.2, 0) is 18.0 Å². The molecule has 0 aromatic heterocycles. The normalized spacial score (nSPS) is 32.8. The second kappa shape index (κ2) is 8.56. The Balaban J connectivity index is 2.15. The molecular weight excluding hydrogens is 298 g/mol. The van der Waals surface area contributed by atoms with Crippen molar-refractivity contribution in [1.29, 1.82) is 0 Å². The molecule has 1 heterocycles. The zero-order chi connectivity index (χ0) is 16.0. The summed E-state index contributed by atoms with van der Waals surface area (Å²) in [6.45, 7) is 6.76. The lowest BCUT2D eigenvalue weighted by molar-refractivity contribution is -0.0380. The minimum Gasteiger partial charge on any atom is -0.383 e. The fourth-order valence-electron chi connectivity index (χ4n) is 3.71. The molecule has 2 rings (SSSR count). The van der Waals surface area contributed by atoms with E-state index in [1.165, 1.54) is 0 Å². The first-order valence-corrected chi connectivity index (χ1v) is 10.2. The Hall–Kier alpha value is -0.243. The van der Waals surface area contributed by atoms with Crippen LogP contribution in [-0.4, -0.2) is 66.9 Å². The van der Waals surface area contributed by atoms with E-state index in [9.17, 15) is 0 Å². The number of nitrogens with zero attached hydrogens (tertiary/aromatic N) is 1. The van der Waals surface area contributed by atoms with E-state index >= 15 is 0 Å². The summed E-state index contributed by atoms with van der Waals surface area (Å²) in [7, 11) is 2.72. The van der Waals surface area contributed by atoms with Crippen LogP contribution < -0.4 is 0 Å². The predicted octanol–water partition coefficient (Wildman–Crippen LogP) is 2.31. The average Bonchev–Trinajstić information content (AvgIpc) is 2.55. The van der Waals surface area contributed by atoms with Gasteiger partial charge in [-0.25, -0.2) is 0 Å². The Bertz CT molecular complexity index is 351. The van der Waals surface area contributed by atoms with Crippen molar-refractivity contribution in [3.8, 4) is 0 Å². The molecule has 5 nitrogen and oxygen atoms in total. The molecule has 1 aliphatic carbocycles. The van der Waals surface area contributed by atoms with Gasteiger partial charge in [-0.05, 0) is 38.1 Å². The highest BCUT2D eigenvalue weighted by Gasteiger charge is 2.46. The molecule has 0 amide bonds. The van der Waals surface area contributed by atoms with Crippen molar-refractivity contribution in [3.05, 3.63) is 12.7 Å². The van der Waals surface area contributed by atoms with Gasteiger partial charge in [-0.2, -0.15) is 0 Å². The first-order valence-electron chi connectivity index (χ1n) is 8.31. The first kappa shape index (κ1) is 18.1. The maximum atomic E-state index is 6.46. The topological polar surface area (TPSA) is 40.2 Å². The molecule has 1 saturated carbocycles. The smallest absolute Gasteiger partial charge is 0.383 e. The first-order chi connectivity index (χ1) is 10.7. The highest BCUT2D eigenvalue weighted by molar-refractivity contribution is 6.60. The number of allylic oxidation sites excluding steroid dienone is 1. The standard InChI is InChI=1S/C16H31NO4Si/c1-5-14-7-8-16-15(13-14)17(10-11-18-2)9-6-12-22(19-3,20-4)21-16/h5,14-16H,1,6-13H2,2-4H3. The second-order valence-corrected chi connectivity index (χ2v) is 9.17. The van der Waals surface area contributed by atoms with Crippen molar-refractivity contribution in [1.82, 2.24) is 4.90 Å². The van der Waals surface area contributed by atoms with Gasteiger partial charge in [0.2, 0.25) is 0 Å². The number of methoxy groups -OCH3 is 1. The van der Waals surface area contributed by atoms with Crippen LogP contribution in [0.15, 0.2) is 12.7 Å². The lowest BCUT2D eigenvalue weighted by atomic mass is 9.83. The molecule has 22 heavy (non-hydrogen) atoms. The molecule has 0 aromatic rings. The number of ether oxygens (including phenoxy) is 1. The third kappa shape index (κ3) is 4.18. The molecule has 3 unspecified atom stereocenters. The third-order valence-electron chi connectivity index (χ3n) is 5.06. The highest BCUT2D eigenvalue weighted by atomic mass is 28.4. The zero-order valence-corrected chi connectivity index (χ0v) is 15.3. The quantitative estimate of drug-likeness (QED) is 0.552. The van der Waals surface area contributed by atoms with Crippen molar-refractivity contribution in [2.75, 3.05) is 41.0 Å². The lowest BCUT2D eigenvalue weighted by Gasteiger charge is -2.46. The summed E-state index contributed by atoms with van der Waals surface area (Å²) in [5.41, 5.74) is 0. The molecule has 6 heteroatoms. The van der Waals surface area contributed by atoms with Gasteiger partial charge in [-0.15, -0.1) is 6.58 Å². The van der Waals surface area contributed by atoms with Gasteiger partial charge < -0.3 is 18.0 Å². The summed E-state index contributed by atoms with van der Waals surface area (Å²) in [6.07, 6.45) is 6.63. The van der Waals surface area contributed by atoms with Crippen molar-refractivity contribution in [2.45, 2.75) is 43.9 Å². The molecule has 0 radical (unpaired) electrons. The molecule has 0 aromatic carbocycles. The van der Waals surface area contributed by atoms with E-state index in [4.69, 9.17) is 18.0 Å². The van der Waals surface area contributed by atoms with E-state index in [0.29, 0.717) is 12.0 Å². The summed E-state index contributed by atoms with van der Waals surface area (Å²) in [4.78, 5) is 2.54. The molecule has 128 valence electrons. The summed E-state index contributed by atoms with van der Waals surface area (Å²) < 4.78 is 23.2. The Morgan fingerprint density at radius 2 is 2.05 bits per heavy atom. The van der Waals surface area contributed by atoms with Gasteiger partial charge in [-0.3, -0.25) is 4.90 Å². The van der Waals surface area contributed by atoms with Crippen LogP contribution in [0.3, 0.4) is 0 Å². The van der Waals surface area contributed by atoms with Gasteiger partial charge in [0.05, 0.1) is 12.7 Å². The number of hydrogen-bond donors (Lipinski definition) is 0. The van der Waals surface area contributed by atoms with Gasteiger partial charge in [0.25, 0.3) is 0 Å². The summed E-state index contributed by atoms with van der Waals surface area (Å²) in [5.74, 6) is 0.579. The third-order valence-corrected chi connectivity index (χ3v) is 7.93. The van der Waals surface area contributed by atoms with E-state index in [0.717, 1.165) is 51.4 Å². The molecule has 2 aliphatic rings. The van der Waals surface area contributed by atoms with Gasteiger partial charge in [0.1, 0.15) is 0 Å². The number of rotatable bonds is 6. The van der Waals surface area contributed by atoms with Crippen LogP contribution in [0, 0.1) is 5.92 Å². The van der Waals surface area contributed by atoms with Gasteiger partial charge in [0, 0.05) is 40.0 Å². The van der Waals surface area contributed by atoms with Gasteiger partial charge in [0.15, 0.2) is 0 Å². The van der Waals surface area contributed by atoms with Crippen molar-refractivity contribution >= 4 is 8.80 Å². The van der Waals surface area contributed by atoms with E-state index in [-0.39, 0.29) is 6.10 Å². The van der Waals surface area contributed by atoms with Crippen LogP contribution in [0.5, 0.6) is 0 Å². The largest absolute Gasteiger partial charge is 0.500 e. The monoisotopic (exact) mass is 329 g/mol. The summed E-state index contributed by atoms with van der Waals surface area (Å²) in [5, 5.41) is 0. The Morgan fingerprint density at radius 1 is 1.27 bits per heavy atom. The second-order valence-electron chi connectivity index (χ2n) is 6.26. The van der Waals surface area contributed by atoms with Crippen LogP contribution >= 0.6 is 0 Å². The molecule has 0 N–H and O–H groups in total. The Labute approximate surface area is 135 Å². The molecule has 1 aliphatic heterocycles. The predicted molar refractivity (Wildman–Crippen MR) is 88.8 cm³/mol. The lowest BCUT2D eigenvalue weighted by Crippen LogP contribution is -2.58. The van der Waals surface area contributed by atoms with Crippen molar-refractivity contribution < 1.29 is 18.0 Å². The molecule has 0 bridgehead atoms. The zero-order valence-electron chi connectivity index (χ0n) is 14.3. The molecule has 2 fully saturated rings. The van der Waals surface area contributed by atoms with Crippen molar-refractivity contribution in [3.63, 3.8) is 0 Å². The molecule has 0 spiro atoms. The number of fused-ring (bicyclic) bond motifs is 1. The van der Waals surface area contributed by atoms with Crippen LogP contribution in [0.25, 0.3) is 0 Å². The fourth-order valence-corrected chi connectivity index (χ4v) is 5.92. The average molecular weight is 330 g/mol. The Kier molecular flexibility index (Phi) is 7.05. The van der Waals surface area contributed by atoms with E-state index < -0.39 is 8.80 Å². The summed E-state index contributed by atoms with van der Waals surface area (Å²) in [6, 6.07) is 1.29.